The molecule has 0 spiro atoms. The molecule has 0 bridgehead atoms. The number of hydrogen-bond acceptors (Lipinski definition) is 0. The van der Waals surface area contributed by atoms with Crippen LogP contribution in [0, 0.1) is 0 Å². The summed E-state index contributed by atoms with van der Waals surface area (Å²) in [6, 6.07) is 0. The predicted molar refractivity (Wildman–Crippen MR) is 58.5 cm³/mol. The van der Waals surface area contributed by atoms with E-state index >= 15 is 0 Å². The van der Waals surface area contributed by atoms with Crippen LogP contribution in [0.5, 0.6) is 0 Å². The molecule has 0 aliphatic carbocycles. The van der Waals surface area contributed by atoms with E-state index in [1.807, 2.05) is 6.92 Å². The van der Waals surface area contributed by atoms with Crippen molar-refractivity contribution in [2.24, 2.45) is 0 Å². The Balaban J connectivity index is -0.000000500. The van der Waals surface area contributed by atoms with E-state index < -0.39 is 5.92 Å². The summed E-state index contributed by atoms with van der Waals surface area (Å²) in [5.41, 5.74) is 0. The highest BCUT2D eigenvalue weighted by Gasteiger charge is 2.25. The van der Waals surface area contributed by atoms with Gasteiger partial charge in [0, 0.05) is 12.8 Å². The van der Waals surface area contributed by atoms with Gasteiger partial charge in [-0.1, -0.05) is 33.1 Å². The van der Waals surface area contributed by atoms with Gasteiger partial charge >= 0.3 is 0 Å². The van der Waals surface area contributed by atoms with Crippen molar-refractivity contribution in [1.82, 2.24) is 0 Å². The second kappa shape index (κ2) is 10.5. The van der Waals surface area contributed by atoms with E-state index in [9.17, 15) is 8.78 Å². The molecule has 0 unspecified atom stereocenters. The maximum absolute atomic E-state index is 12.7. The van der Waals surface area contributed by atoms with Crippen molar-refractivity contribution in [3.8, 4) is 0 Å². The molecule has 0 nitrogen and oxygen atoms in total. The molecule has 0 aliphatic heterocycles. The Morgan fingerprint density at radius 1 is 0.846 bits per heavy atom. The summed E-state index contributed by atoms with van der Waals surface area (Å²) in [5.74, 6) is -2.40. The van der Waals surface area contributed by atoms with Crippen LogP contribution in [0.1, 0.15) is 52.4 Å². The molecular formula is C9H20Cl2F2. The molecule has 0 aliphatic rings. The van der Waals surface area contributed by atoms with E-state index in [-0.39, 0.29) is 37.7 Å². The third kappa shape index (κ3) is 12.4. The van der Waals surface area contributed by atoms with Crippen molar-refractivity contribution in [3.63, 3.8) is 0 Å². The van der Waals surface area contributed by atoms with Gasteiger partial charge in [-0.05, 0) is 6.42 Å². The minimum atomic E-state index is -2.40. The number of halogens is 4. The van der Waals surface area contributed by atoms with Crippen LogP contribution in [0.15, 0.2) is 0 Å². The van der Waals surface area contributed by atoms with Gasteiger partial charge in [0.1, 0.15) is 0 Å². The molecule has 0 atom stereocenters. The Morgan fingerprint density at radius 2 is 1.38 bits per heavy atom. The molecule has 84 valence electrons. The zero-order valence-electron chi connectivity index (χ0n) is 8.32. The SMILES string of the molecule is CCCCCC(F)(F)CCC.Cl.Cl. The first-order chi connectivity index (χ1) is 5.12. The lowest BCUT2D eigenvalue weighted by molar-refractivity contribution is -0.0189. The second-order valence-electron chi connectivity index (χ2n) is 3.06. The quantitative estimate of drug-likeness (QED) is 0.579. The molecule has 0 rings (SSSR count). The molecule has 0 saturated heterocycles. The summed E-state index contributed by atoms with van der Waals surface area (Å²) in [5, 5.41) is 0. The summed E-state index contributed by atoms with van der Waals surface area (Å²) >= 11 is 0. The van der Waals surface area contributed by atoms with Gasteiger partial charge < -0.3 is 0 Å². The average Bonchev–Trinajstić information content (AvgIpc) is 1.87. The molecule has 0 fully saturated rings. The highest BCUT2D eigenvalue weighted by atomic mass is 35.5. The summed E-state index contributed by atoms with van der Waals surface area (Å²) < 4.78 is 25.5. The van der Waals surface area contributed by atoms with E-state index in [2.05, 4.69) is 0 Å². The molecule has 0 radical (unpaired) electrons. The molecule has 0 aromatic carbocycles. The number of alkyl halides is 2. The van der Waals surface area contributed by atoms with Crippen LogP contribution >= 0.6 is 24.8 Å². The zero-order valence-corrected chi connectivity index (χ0v) is 9.95. The highest BCUT2D eigenvalue weighted by molar-refractivity contribution is 5.85. The van der Waals surface area contributed by atoms with Gasteiger partial charge in [0.2, 0.25) is 5.92 Å². The van der Waals surface area contributed by atoms with Crippen molar-refractivity contribution in [2.75, 3.05) is 0 Å². The fourth-order valence-corrected chi connectivity index (χ4v) is 1.12. The summed E-state index contributed by atoms with van der Waals surface area (Å²) in [6.07, 6.45) is 3.33. The van der Waals surface area contributed by atoms with Crippen LogP contribution in [0.2, 0.25) is 0 Å². The lowest BCUT2D eigenvalue weighted by atomic mass is 10.1. The smallest absolute Gasteiger partial charge is 0.207 e. The number of hydrogen-bond donors (Lipinski definition) is 0. The van der Waals surface area contributed by atoms with Crippen LogP contribution in [0.4, 0.5) is 8.78 Å². The van der Waals surface area contributed by atoms with Gasteiger partial charge in [0.15, 0.2) is 0 Å². The first kappa shape index (κ1) is 19.1. The van der Waals surface area contributed by atoms with E-state index in [1.165, 1.54) is 0 Å². The third-order valence-corrected chi connectivity index (χ3v) is 1.76. The molecule has 0 amide bonds. The molecule has 4 heteroatoms. The monoisotopic (exact) mass is 236 g/mol. The van der Waals surface area contributed by atoms with Crippen molar-refractivity contribution >= 4 is 24.8 Å². The van der Waals surface area contributed by atoms with Crippen LogP contribution < -0.4 is 0 Å². The molecule has 0 N–H and O–H groups in total. The molecule has 0 aromatic heterocycles. The first-order valence-corrected chi connectivity index (χ1v) is 4.50. The summed E-state index contributed by atoms with van der Waals surface area (Å²) in [6.45, 7) is 3.83. The fourth-order valence-electron chi connectivity index (χ4n) is 1.12. The Kier molecular flexibility index (Phi) is 15.4. The van der Waals surface area contributed by atoms with E-state index in [4.69, 9.17) is 0 Å². The van der Waals surface area contributed by atoms with Gasteiger partial charge in [0.05, 0.1) is 0 Å². The van der Waals surface area contributed by atoms with Gasteiger partial charge in [0.25, 0.3) is 0 Å². The minimum Gasteiger partial charge on any atom is -0.207 e. The van der Waals surface area contributed by atoms with Gasteiger partial charge in [-0.25, -0.2) is 8.78 Å². The maximum atomic E-state index is 12.7. The molecular weight excluding hydrogens is 217 g/mol. The second-order valence-corrected chi connectivity index (χ2v) is 3.06. The van der Waals surface area contributed by atoms with Crippen LogP contribution in [-0.2, 0) is 0 Å². The Bertz CT molecular complexity index is 97.6. The lowest BCUT2D eigenvalue weighted by Crippen LogP contribution is -2.14. The largest absolute Gasteiger partial charge is 0.248 e. The van der Waals surface area contributed by atoms with Crippen LogP contribution in [0.3, 0.4) is 0 Å². The van der Waals surface area contributed by atoms with Crippen molar-refractivity contribution in [3.05, 3.63) is 0 Å². The Morgan fingerprint density at radius 3 is 1.77 bits per heavy atom. The molecule has 0 heterocycles. The first-order valence-electron chi connectivity index (χ1n) is 4.50. The molecule has 0 aromatic rings. The van der Waals surface area contributed by atoms with Gasteiger partial charge in [-0.15, -0.1) is 24.8 Å². The summed E-state index contributed by atoms with van der Waals surface area (Å²) in [4.78, 5) is 0. The van der Waals surface area contributed by atoms with E-state index in [0.717, 1.165) is 12.8 Å². The number of unbranched alkanes of at least 4 members (excludes halogenated alkanes) is 2. The van der Waals surface area contributed by atoms with Crippen LogP contribution in [-0.4, -0.2) is 5.92 Å². The zero-order chi connectivity index (χ0) is 8.74. The van der Waals surface area contributed by atoms with Gasteiger partial charge in [-0.2, -0.15) is 0 Å². The highest BCUT2D eigenvalue weighted by Crippen LogP contribution is 2.26. The van der Waals surface area contributed by atoms with Crippen LogP contribution in [0.25, 0.3) is 0 Å². The lowest BCUT2D eigenvalue weighted by Gasteiger charge is -2.14. The third-order valence-electron chi connectivity index (χ3n) is 1.76. The standard InChI is InChI=1S/C9H18F2.2ClH/c1-3-5-6-8-9(10,11)7-4-2;;/h3-8H2,1-2H3;2*1H. The van der Waals surface area contributed by atoms with Gasteiger partial charge in [-0.3, -0.25) is 0 Å². The predicted octanol–water partition coefficient (Wildman–Crippen LogP) is 4.85. The fraction of sp³-hybridized carbons (Fsp3) is 1.00. The normalized spacial score (nSPS) is 10.2. The number of rotatable bonds is 6. The van der Waals surface area contributed by atoms with E-state index in [1.54, 1.807) is 6.92 Å². The summed E-state index contributed by atoms with van der Waals surface area (Å²) in [7, 11) is 0. The van der Waals surface area contributed by atoms with Crippen molar-refractivity contribution in [1.29, 1.82) is 0 Å². The van der Waals surface area contributed by atoms with E-state index in [0.29, 0.717) is 12.8 Å². The topological polar surface area (TPSA) is 0 Å². The van der Waals surface area contributed by atoms with Crippen molar-refractivity contribution in [2.45, 2.75) is 58.3 Å². The molecule has 13 heavy (non-hydrogen) atoms. The Labute approximate surface area is 92.3 Å². The minimum absolute atomic E-state index is 0. The Hall–Kier alpha value is 0.440. The van der Waals surface area contributed by atoms with Crippen molar-refractivity contribution < 1.29 is 8.78 Å². The molecule has 0 saturated carbocycles. The average molecular weight is 237 g/mol. The maximum Gasteiger partial charge on any atom is 0.248 e.